The van der Waals surface area contributed by atoms with E-state index in [0.717, 1.165) is 47.9 Å². The zero-order chi connectivity index (χ0) is 16.5. The molecule has 7 nitrogen and oxygen atoms in total. The molecule has 0 bridgehead atoms. The second-order valence-electron chi connectivity index (χ2n) is 5.84. The average Bonchev–Trinajstić information content (AvgIpc) is 3.25. The number of aromatic amines is 1. The number of nitrogens with zero attached hydrogens (tertiary/aromatic N) is 4. The van der Waals surface area contributed by atoms with Crippen molar-refractivity contribution < 1.29 is 4.74 Å². The van der Waals surface area contributed by atoms with Crippen LogP contribution in [0, 0.1) is 0 Å². The van der Waals surface area contributed by atoms with E-state index in [1.165, 1.54) is 0 Å². The van der Waals surface area contributed by atoms with Crippen molar-refractivity contribution in [3.8, 4) is 5.75 Å². The van der Waals surface area contributed by atoms with E-state index in [4.69, 9.17) is 14.7 Å². The Labute approximate surface area is 140 Å². The molecule has 2 aliphatic heterocycles. The summed E-state index contributed by atoms with van der Waals surface area (Å²) in [7, 11) is 1.66. The molecular formula is C17H20N6O. The molecular weight excluding hydrogens is 304 g/mol. The molecule has 1 atom stereocenters. The van der Waals surface area contributed by atoms with Gasteiger partial charge in [-0.15, -0.1) is 0 Å². The van der Waals surface area contributed by atoms with Crippen molar-refractivity contribution in [1.29, 1.82) is 0 Å². The minimum absolute atomic E-state index is 0.149. The smallest absolute Gasteiger partial charge is 0.187 e. The van der Waals surface area contributed by atoms with Crippen LogP contribution >= 0.6 is 0 Å². The number of rotatable bonds is 5. The predicted octanol–water partition coefficient (Wildman–Crippen LogP) is 2.92. The SMILES string of the molecule is CCCCC1=NC2c3[nH]cnc3N=C(c3ccc(OC)cc3)N2N1. The second kappa shape index (κ2) is 5.99. The highest BCUT2D eigenvalue weighted by Crippen LogP contribution is 2.36. The molecule has 7 heteroatoms. The van der Waals surface area contributed by atoms with Gasteiger partial charge in [-0.05, 0) is 30.7 Å². The van der Waals surface area contributed by atoms with Gasteiger partial charge in [0.25, 0.3) is 0 Å². The zero-order valence-electron chi connectivity index (χ0n) is 13.8. The number of nitrogens with one attached hydrogen (secondary N) is 2. The molecule has 2 N–H and O–H groups in total. The number of methoxy groups -OCH3 is 1. The van der Waals surface area contributed by atoms with E-state index in [1.54, 1.807) is 13.4 Å². The van der Waals surface area contributed by atoms with Crippen LogP contribution in [0.5, 0.6) is 5.75 Å². The van der Waals surface area contributed by atoms with Crippen LogP contribution in [-0.2, 0) is 0 Å². The van der Waals surface area contributed by atoms with Gasteiger partial charge in [0.1, 0.15) is 17.3 Å². The first kappa shape index (κ1) is 14.7. The molecule has 0 fully saturated rings. The lowest BCUT2D eigenvalue weighted by molar-refractivity contribution is 0.310. The maximum atomic E-state index is 5.24. The van der Waals surface area contributed by atoms with E-state index in [0.29, 0.717) is 5.82 Å². The van der Waals surface area contributed by atoms with E-state index in [2.05, 4.69) is 22.3 Å². The summed E-state index contributed by atoms with van der Waals surface area (Å²) in [5.74, 6) is 3.33. The number of hydrogen-bond donors (Lipinski definition) is 2. The number of aliphatic imine (C=N–C) groups is 2. The molecule has 124 valence electrons. The molecule has 24 heavy (non-hydrogen) atoms. The van der Waals surface area contributed by atoms with Crippen LogP contribution in [0.25, 0.3) is 0 Å². The number of imidazole rings is 1. The van der Waals surface area contributed by atoms with Gasteiger partial charge in [-0.25, -0.2) is 20.0 Å². The molecule has 4 rings (SSSR count). The maximum absolute atomic E-state index is 5.24. The molecule has 2 aromatic rings. The van der Waals surface area contributed by atoms with E-state index < -0.39 is 0 Å². The summed E-state index contributed by atoms with van der Waals surface area (Å²) >= 11 is 0. The Morgan fingerprint density at radius 2 is 2.08 bits per heavy atom. The normalized spacial score (nSPS) is 18.4. The Morgan fingerprint density at radius 1 is 1.25 bits per heavy atom. The topological polar surface area (TPSA) is 77.9 Å². The fraction of sp³-hybridized carbons (Fsp3) is 0.353. The van der Waals surface area contributed by atoms with E-state index in [-0.39, 0.29) is 6.17 Å². The lowest BCUT2D eigenvalue weighted by Crippen LogP contribution is -2.44. The fourth-order valence-corrected chi connectivity index (χ4v) is 2.94. The predicted molar refractivity (Wildman–Crippen MR) is 92.5 cm³/mol. The summed E-state index contributed by atoms with van der Waals surface area (Å²) < 4.78 is 5.24. The number of amidine groups is 2. The summed E-state index contributed by atoms with van der Waals surface area (Å²) in [5.41, 5.74) is 5.33. The van der Waals surface area contributed by atoms with Gasteiger partial charge in [-0.1, -0.05) is 13.3 Å². The van der Waals surface area contributed by atoms with Gasteiger partial charge >= 0.3 is 0 Å². The van der Waals surface area contributed by atoms with Gasteiger partial charge in [0.15, 0.2) is 17.8 Å². The van der Waals surface area contributed by atoms with Crippen molar-refractivity contribution in [2.24, 2.45) is 9.98 Å². The molecule has 3 heterocycles. The van der Waals surface area contributed by atoms with Crippen LogP contribution in [0.2, 0.25) is 0 Å². The van der Waals surface area contributed by atoms with Gasteiger partial charge in [0.2, 0.25) is 0 Å². The number of H-pyrrole nitrogens is 1. The Hall–Kier alpha value is -2.83. The Morgan fingerprint density at radius 3 is 2.83 bits per heavy atom. The van der Waals surface area contributed by atoms with Crippen LogP contribution in [0.3, 0.4) is 0 Å². The summed E-state index contributed by atoms with van der Waals surface area (Å²) in [6, 6.07) is 7.86. The third-order valence-corrected chi connectivity index (χ3v) is 4.23. The van der Waals surface area contributed by atoms with Crippen LogP contribution in [0.1, 0.15) is 43.6 Å². The quantitative estimate of drug-likeness (QED) is 0.886. The van der Waals surface area contributed by atoms with E-state index in [1.807, 2.05) is 29.3 Å². The van der Waals surface area contributed by atoms with Gasteiger partial charge in [-0.3, -0.25) is 5.43 Å². The molecule has 0 radical (unpaired) electrons. The average molecular weight is 324 g/mol. The van der Waals surface area contributed by atoms with Crippen molar-refractivity contribution in [3.05, 3.63) is 41.9 Å². The van der Waals surface area contributed by atoms with Gasteiger partial charge < -0.3 is 9.72 Å². The Bertz CT molecular complexity index is 792. The first-order chi connectivity index (χ1) is 11.8. The number of ether oxygens (including phenoxy) is 1. The maximum Gasteiger partial charge on any atom is 0.187 e. The first-order valence-corrected chi connectivity index (χ1v) is 8.19. The number of fused-ring (bicyclic) bond motifs is 3. The van der Waals surface area contributed by atoms with Crippen molar-refractivity contribution in [2.45, 2.75) is 32.4 Å². The van der Waals surface area contributed by atoms with Crippen LogP contribution in [-0.4, -0.2) is 33.8 Å². The third-order valence-electron chi connectivity index (χ3n) is 4.23. The van der Waals surface area contributed by atoms with Crippen LogP contribution in [0.4, 0.5) is 5.82 Å². The molecule has 1 aromatic heterocycles. The fourth-order valence-electron chi connectivity index (χ4n) is 2.94. The molecule has 1 unspecified atom stereocenters. The Balaban J connectivity index is 1.70. The van der Waals surface area contributed by atoms with E-state index >= 15 is 0 Å². The molecule has 0 saturated heterocycles. The highest BCUT2D eigenvalue weighted by atomic mass is 16.5. The molecule has 0 spiro atoms. The third kappa shape index (κ3) is 2.42. The zero-order valence-corrected chi connectivity index (χ0v) is 13.8. The van der Waals surface area contributed by atoms with Crippen molar-refractivity contribution in [1.82, 2.24) is 20.4 Å². The highest BCUT2D eigenvalue weighted by molar-refractivity contribution is 6.03. The van der Waals surface area contributed by atoms with Gasteiger partial charge in [0, 0.05) is 12.0 Å². The molecule has 2 aliphatic rings. The molecule has 0 amide bonds. The van der Waals surface area contributed by atoms with Crippen LogP contribution in [0.15, 0.2) is 40.6 Å². The Kier molecular flexibility index (Phi) is 3.68. The largest absolute Gasteiger partial charge is 0.497 e. The van der Waals surface area contributed by atoms with E-state index in [9.17, 15) is 0 Å². The highest BCUT2D eigenvalue weighted by Gasteiger charge is 2.37. The van der Waals surface area contributed by atoms with Crippen LogP contribution < -0.4 is 10.2 Å². The monoisotopic (exact) mass is 324 g/mol. The summed E-state index contributed by atoms with van der Waals surface area (Å²) in [6.45, 7) is 2.18. The minimum atomic E-state index is -0.149. The molecule has 0 saturated carbocycles. The first-order valence-electron chi connectivity index (χ1n) is 8.19. The van der Waals surface area contributed by atoms with Crippen molar-refractivity contribution >= 4 is 17.5 Å². The lowest BCUT2D eigenvalue weighted by atomic mass is 10.1. The summed E-state index contributed by atoms with van der Waals surface area (Å²) in [5, 5.41) is 2.01. The lowest BCUT2D eigenvalue weighted by Gasteiger charge is -2.29. The summed E-state index contributed by atoms with van der Waals surface area (Å²) in [6.07, 6.45) is 4.70. The van der Waals surface area contributed by atoms with Gasteiger partial charge in [0.05, 0.1) is 13.4 Å². The van der Waals surface area contributed by atoms with Crippen molar-refractivity contribution in [2.75, 3.05) is 7.11 Å². The molecule has 0 aliphatic carbocycles. The standard InChI is InChI=1S/C17H20N6O/c1-3-4-5-13-20-17-14-15(19-10-18-14)21-16(23(17)22-13)11-6-8-12(24-2)9-7-11/h6-10,17H,3-5H2,1-2H3,(H,18,19)(H,20,22). The second-order valence-corrected chi connectivity index (χ2v) is 5.84. The number of benzene rings is 1. The number of hydrogen-bond acceptors (Lipinski definition) is 6. The number of unbranched alkanes of at least 4 members (excludes halogenated alkanes) is 1. The summed E-state index contributed by atoms with van der Waals surface area (Å²) in [4.78, 5) is 17.0. The minimum Gasteiger partial charge on any atom is -0.497 e. The van der Waals surface area contributed by atoms with Crippen molar-refractivity contribution in [3.63, 3.8) is 0 Å². The molecule has 1 aromatic carbocycles. The van der Waals surface area contributed by atoms with Gasteiger partial charge in [-0.2, -0.15) is 0 Å². The number of hydrazine groups is 1. The number of aromatic nitrogens is 2.